The molecule has 0 aliphatic heterocycles. The molecule has 1 rings (SSSR count). The van der Waals surface area contributed by atoms with Gasteiger partial charge in [-0.1, -0.05) is 15.9 Å². The first-order chi connectivity index (χ1) is 5.82. The number of nitrogens with zero attached hydrogens (tertiary/aromatic N) is 3. The zero-order valence-corrected chi connectivity index (χ0v) is 9.71. The van der Waals surface area contributed by atoms with Crippen molar-refractivity contribution in [1.82, 2.24) is 14.8 Å². The van der Waals surface area contributed by atoms with Crippen molar-refractivity contribution in [3.8, 4) is 0 Å². The summed E-state index contributed by atoms with van der Waals surface area (Å²) >= 11 is 3.29. The third-order valence-electron chi connectivity index (χ3n) is 1.58. The van der Waals surface area contributed by atoms with E-state index in [-0.39, 0.29) is 5.91 Å². The molecule has 0 radical (unpaired) electrons. The molecular formula is C8H12BrN3O. The number of hydrogen-bond acceptors (Lipinski definition) is 3. The lowest BCUT2D eigenvalue weighted by Gasteiger charge is -2.13. The van der Waals surface area contributed by atoms with Crippen LogP contribution in [0.25, 0.3) is 0 Å². The molecule has 0 aliphatic carbocycles. The van der Waals surface area contributed by atoms with Crippen molar-refractivity contribution in [2.75, 3.05) is 0 Å². The maximum atomic E-state index is 11.7. The average Bonchev–Trinajstić information content (AvgIpc) is 2.26. The van der Waals surface area contributed by atoms with E-state index in [9.17, 15) is 4.79 Å². The van der Waals surface area contributed by atoms with Gasteiger partial charge >= 0.3 is 0 Å². The number of rotatable bonds is 1. The molecule has 5 heteroatoms. The Kier molecular flexibility index (Phi) is 2.56. The Hall–Kier alpha value is -0.710. The Morgan fingerprint density at radius 3 is 2.31 bits per heavy atom. The molecule has 72 valence electrons. The molecule has 0 N–H and O–H groups in total. The van der Waals surface area contributed by atoms with Gasteiger partial charge in [-0.3, -0.25) is 4.79 Å². The van der Waals surface area contributed by atoms with Gasteiger partial charge in [0.15, 0.2) is 0 Å². The van der Waals surface area contributed by atoms with Crippen LogP contribution in [0.2, 0.25) is 0 Å². The van der Waals surface area contributed by atoms with E-state index in [4.69, 9.17) is 0 Å². The maximum Gasteiger partial charge on any atom is 0.264 e. The van der Waals surface area contributed by atoms with Crippen molar-refractivity contribution in [1.29, 1.82) is 0 Å². The zero-order chi connectivity index (χ0) is 10.2. The SMILES string of the molecule is Cc1nc(C)n(C(=O)C(C)(C)Br)n1. The number of aryl methyl sites for hydroxylation is 2. The predicted octanol–water partition coefficient (Wildman–Crippen LogP) is 1.71. The highest BCUT2D eigenvalue weighted by Crippen LogP contribution is 2.18. The van der Waals surface area contributed by atoms with Gasteiger partial charge in [-0.25, -0.2) is 4.98 Å². The van der Waals surface area contributed by atoms with Crippen molar-refractivity contribution in [2.24, 2.45) is 0 Å². The van der Waals surface area contributed by atoms with Crippen molar-refractivity contribution in [2.45, 2.75) is 32.0 Å². The zero-order valence-electron chi connectivity index (χ0n) is 8.13. The minimum atomic E-state index is -0.599. The molecule has 0 aliphatic rings. The molecule has 0 amide bonds. The van der Waals surface area contributed by atoms with Gasteiger partial charge in [-0.15, -0.1) is 5.10 Å². The van der Waals surface area contributed by atoms with Gasteiger partial charge in [0.25, 0.3) is 5.91 Å². The largest absolute Gasteiger partial charge is 0.271 e. The fourth-order valence-corrected chi connectivity index (χ4v) is 1.13. The number of alkyl halides is 1. The first-order valence-electron chi connectivity index (χ1n) is 3.96. The molecule has 13 heavy (non-hydrogen) atoms. The molecule has 1 aromatic heterocycles. The second-order valence-corrected chi connectivity index (χ2v) is 5.38. The normalized spacial score (nSPS) is 11.8. The summed E-state index contributed by atoms with van der Waals surface area (Å²) in [5.41, 5.74) is 0. The number of carbonyl (C=O) groups excluding carboxylic acids is 1. The van der Waals surface area contributed by atoms with E-state index in [0.717, 1.165) is 0 Å². The van der Waals surface area contributed by atoms with Gasteiger partial charge in [0.05, 0.1) is 0 Å². The van der Waals surface area contributed by atoms with Crippen LogP contribution in [0.1, 0.15) is 30.3 Å². The second kappa shape index (κ2) is 3.21. The van der Waals surface area contributed by atoms with Crippen molar-refractivity contribution in [3.63, 3.8) is 0 Å². The van der Waals surface area contributed by atoms with E-state index >= 15 is 0 Å². The predicted molar refractivity (Wildman–Crippen MR) is 53.1 cm³/mol. The van der Waals surface area contributed by atoms with Gasteiger partial charge in [-0.05, 0) is 27.7 Å². The monoisotopic (exact) mass is 245 g/mol. The second-order valence-electron chi connectivity index (χ2n) is 3.40. The summed E-state index contributed by atoms with van der Waals surface area (Å²) in [5.74, 6) is 1.13. The van der Waals surface area contributed by atoms with Crippen LogP contribution in [-0.2, 0) is 0 Å². The topological polar surface area (TPSA) is 47.8 Å². The van der Waals surface area contributed by atoms with Gasteiger partial charge in [0.2, 0.25) is 0 Å². The number of carbonyl (C=O) groups is 1. The average molecular weight is 246 g/mol. The van der Waals surface area contributed by atoms with Crippen molar-refractivity contribution in [3.05, 3.63) is 11.6 Å². The Morgan fingerprint density at radius 2 is 2.00 bits per heavy atom. The van der Waals surface area contributed by atoms with Gasteiger partial charge < -0.3 is 0 Å². The quantitative estimate of drug-likeness (QED) is 0.708. The fraction of sp³-hybridized carbons (Fsp3) is 0.625. The van der Waals surface area contributed by atoms with E-state index < -0.39 is 4.32 Å². The molecule has 0 fully saturated rings. The maximum absolute atomic E-state index is 11.7. The minimum Gasteiger partial charge on any atom is -0.271 e. The summed E-state index contributed by atoms with van der Waals surface area (Å²) in [7, 11) is 0. The lowest BCUT2D eigenvalue weighted by molar-refractivity contribution is 0.0859. The highest BCUT2D eigenvalue weighted by molar-refractivity contribution is 9.10. The Morgan fingerprint density at radius 1 is 1.46 bits per heavy atom. The highest BCUT2D eigenvalue weighted by atomic mass is 79.9. The molecule has 0 bridgehead atoms. The molecule has 0 atom stereocenters. The van der Waals surface area contributed by atoms with Crippen LogP contribution in [0.3, 0.4) is 0 Å². The lowest BCUT2D eigenvalue weighted by Crippen LogP contribution is -2.31. The smallest absolute Gasteiger partial charge is 0.264 e. The molecule has 0 saturated carbocycles. The van der Waals surface area contributed by atoms with Gasteiger partial charge in [0.1, 0.15) is 16.0 Å². The number of halogens is 1. The van der Waals surface area contributed by atoms with Crippen LogP contribution in [-0.4, -0.2) is 25.0 Å². The van der Waals surface area contributed by atoms with E-state index in [1.165, 1.54) is 4.68 Å². The van der Waals surface area contributed by atoms with Crippen LogP contribution < -0.4 is 0 Å². The summed E-state index contributed by atoms with van der Waals surface area (Å²) in [6, 6.07) is 0. The number of aromatic nitrogens is 3. The Bertz CT molecular complexity index is 338. The molecular weight excluding hydrogens is 234 g/mol. The fourth-order valence-electron chi connectivity index (χ4n) is 0.965. The molecule has 1 aromatic rings. The molecule has 0 aromatic carbocycles. The third-order valence-corrected chi connectivity index (χ3v) is 1.91. The first kappa shape index (κ1) is 10.4. The summed E-state index contributed by atoms with van der Waals surface area (Å²) in [6.07, 6.45) is 0. The molecule has 0 spiro atoms. The third kappa shape index (κ3) is 2.15. The van der Waals surface area contributed by atoms with Crippen LogP contribution in [0, 0.1) is 13.8 Å². The molecule has 0 saturated heterocycles. The van der Waals surface area contributed by atoms with Crippen LogP contribution >= 0.6 is 15.9 Å². The molecule has 0 unspecified atom stereocenters. The van der Waals surface area contributed by atoms with Gasteiger partial charge in [-0.2, -0.15) is 4.68 Å². The van der Waals surface area contributed by atoms with Crippen LogP contribution in [0.5, 0.6) is 0 Å². The van der Waals surface area contributed by atoms with E-state index in [2.05, 4.69) is 26.0 Å². The minimum absolute atomic E-state index is 0.106. The summed E-state index contributed by atoms with van der Waals surface area (Å²) in [6.45, 7) is 7.09. The molecule has 4 nitrogen and oxygen atoms in total. The van der Waals surface area contributed by atoms with Crippen molar-refractivity contribution >= 4 is 21.8 Å². The summed E-state index contributed by atoms with van der Waals surface area (Å²) < 4.78 is 0.724. The summed E-state index contributed by atoms with van der Waals surface area (Å²) in [5, 5.41) is 4.00. The number of hydrogen-bond donors (Lipinski definition) is 0. The summed E-state index contributed by atoms with van der Waals surface area (Å²) in [4.78, 5) is 15.8. The molecule has 1 heterocycles. The van der Waals surface area contributed by atoms with E-state index in [1.54, 1.807) is 27.7 Å². The van der Waals surface area contributed by atoms with E-state index in [0.29, 0.717) is 11.6 Å². The van der Waals surface area contributed by atoms with Gasteiger partial charge in [0, 0.05) is 0 Å². The van der Waals surface area contributed by atoms with Crippen LogP contribution in [0.4, 0.5) is 0 Å². The lowest BCUT2D eigenvalue weighted by atomic mass is 10.2. The highest BCUT2D eigenvalue weighted by Gasteiger charge is 2.27. The van der Waals surface area contributed by atoms with E-state index in [1.807, 2.05) is 0 Å². The van der Waals surface area contributed by atoms with Crippen molar-refractivity contribution < 1.29 is 4.79 Å². The van der Waals surface area contributed by atoms with Crippen LogP contribution in [0.15, 0.2) is 0 Å². The Balaban J connectivity index is 3.09. The Labute approximate surface area is 85.5 Å². The first-order valence-corrected chi connectivity index (χ1v) is 4.75. The standard InChI is InChI=1S/C8H12BrN3O/c1-5-10-6(2)12(11-5)7(13)8(3,4)9/h1-4H3.